The summed E-state index contributed by atoms with van der Waals surface area (Å²) in [4.78, 5) is 2.03. The summed E-state index contributed by atoms with van der Waals surface area (Å²) < 4.78 is 1.52. The lowest BCUT2D eigenvalue weighted by atomic mass is 10.4. The zero-order valence-electron chi connectivity index (χ0n) is 6.28. The van der Waals surface area contributed by atoms with Crippen LogP contribution in [0.25, 0.3) is 0 Å². The Morgan fingerprint density at radius 3 is 2.20 bits per heavy atom. The topological polar surface area (TPSA) is 33.1 Å². The van der Waals surface area contributed by atoms with Gasteiger partial charge in [-0.15, -0.1) is 0 Å². The van der Waals surface area contributed by atoms with Crippen molar-refractivity contribution in [2.75, 3.05) is 24.8 Å². The molecule has 0 bridgehead atoms. The number of hydrogen-bond donors (Lipinski definition) is 1. The molecule has 3 nitrogen and oxygen atoms in total. The lowest BCUT2D eigenvalue weighted by Gasteiger charge is -2.09. The van der Waals surface area contributed by atoms with Crippen LogP contribution in [0.3, 0.4) is 0 Å². The van der Waals surface area contributed by atoms with Crippen LogP contribution in [-0.4, -0.2) is 14.1 Å². The second kappa shape index (κ2) is 2.56. The molecule has 2 N–H and O–H groups in total. The summed E-state index contributed by atoms with van der Waals surface area (Å²) in [6, 6.07) is 3.92. The van der Waals surface area contributed by atoms with Gasteiger partial charge in [0.25, 0.3) is 0 Å². The van der Waals surface area contributed by atoms with Gasteiger partial charge in [0.05, 0.1) is 0 Å². The van der Waals surface area contributed by atoms with Gasteiger partial charge < -0.3 is 4.90 Å². The summed E-state index contributed by atoms with van der Waals surface area (Å²) in [5.41, 5.74) is 1.15. The third-order valence-corrected chi connectivity index (χ3v) is 1.35. The van der Waals surface area contributed by atoms with Gasteiger partial charge in [-0.1, -0.05) is 4.68 Å². The Hall–Kier alpha value is -1.25. The molecule has 10 heavy (non-hydrogen) atoms. The zero-order chi connectivity index (χ0) is 7.56. The molecule has 3 heteroatoms. The van der Waals surface area contributed by atoms with Crippen molar-refractivity contribution in [1.82, 2.24) is 0 Å². The Labute approximate surface area is 60.7 Å². The third kappa shape index (κ3) is 1.37. The highest BCUT2D eigenvalue weighted by Crippen LogP contribution is 2.04. The summed E-state index contributed by atoms with van der Waals surface area (Å²) in [5.74, 6) is 5.42. The van der Waals surface area contributed by atoms with Crippen molar-refractivity contribution in [3.8, 4) is 0 Å². The van der Waals surface area contributed by atoms with Crippen LogP contribution < -0.4 is 15.4 Å². The molecule has 0 radical (unpaired) electrons. The van der Waals surface area contributed by atoms with Crippen LogP contribution in [-0.2, 0) is 0 Å². The molecule has 0 fully saturated rings. The average Bonchev–Trinajstić information content (AvgIpc) is 1.88. The van der Waals surface area contributed by atoms with E-state index in [-0.39, 0.29) is 0 Å². The maximum absolute atomic E-state index is 5.42. The first-order chi connectivity index (χ1) is 4.70. The van der Waals surface area contributed by atoms with E-state index in [0.717, 1.165) is 5.69 Å². The first-order valence-corrected chi connectivity index (χ1v) is 3.14. The lowest BCUT2D eigenvalue weighted by Crippen LogP contribution is -2.43. The molecule has 0 aromatic carbocycles. The maximum Gasteiger partial charge on any atom is 0.201 e. The predicted octanol–water partition coefficient (Wildman–Crippen LogP) is -0.246. The quantitative estimate of drug-likeness (QED) is 0.429. The normalized spacial score (nSPS) is 9.40. The van der Waals surface area contributed by atoms with Gasteiger partial charge in [0.1, 0.15) is 0 Å². The molecular weight excluding hydrogens is 126 g/mol. The van der Waals surface area contributed by atoms with Crippen LogP contribution in [0.15, 0.2) is 24.5 Å². The van der Waals surface area contributed by atoms with Crippen molar-refractivity contribution in [1.29, 1.82) is 0 Å². The van der Waals surface area contributed by atoms with E-state index in [0.29, 0.717) is 0 Å². The third-order valence-electron chi connectivity index (χ3n) is 1.35. The van der Waals surface area contributed by atoms with E-state index < -0.39 is 0 Å². The van der Waals surface area contributed by atoms with Crippen LogP contribution in [0, 0.1) is 0 Å². The number of aromatic nitrogens is 1. The maximum atomic E-state index is 5.42. The van der Waals surface area contributed by atoms with Gasteiger partial charge in [0, 0.05) is 31.9 Å². The largest absolute Gasteiger partial charge is 0.377 e. The molecule has 54 valence electrons. The molecule has 0 aliphatic rings. The van der Waals surface area contributed by atoms with Crippen molar-refractivity contribution < 1.29 is 4.68 Å². The van der Waals surface area contributed by atoms with E-state index in [1.807, 2.05) is 43.5 Å². The highest BCUT2D eigenvalue weighted by atomic mass is 15.3. The van der Waals surface area contributed by atoms with Gasteiger partial charge in [0.15, 0.2) is 0 Å². The molecular formula is C7H12N3+. The van der Waals surface area contributed by atoms with Gasteiger partial charge in [-0.2, -0.15) is 0 Å². The van der Waals surface area contributed by atoms with E-state index >= 15 is 0 Å². The monoisotopic (exact) mass is 138 g/mol. The minimum absolute atomic E-state index is 1.15. The molecule has 1 heterocycles. The molecule has 0 atom stereocenters. The molecule has 0 saturated carbocycles. The van der Waals surface area contributed by atoms with Crippen LogP contribution in [0.1, 0.15) is 0 Å². The Balaban J connectivity index is 2.89. The summed E-state index contributed by atoms with van der Waals surface area (Å²) >= 11 is 0. The number of hydrogen-bond acceptors (Lipinski definition) is 2. The SMILES string of the molecule is CN(C)c1cc[n+](N)cc1. The highest BCUT2D eigenvalue weighted by Gasteiger charge is 1.95. The summed E-state index contributed by atoms with van der Waals surface area (Å²) in [6.45, 7) is 0. The number of anilines is 1. The van der Waals surface area contributed by atoms with Crippen molar-refractivity contribution in [2.45, 2.75) is 0 Å². The average molecular weight is 138 g/mol. The fourth-order valence-corrected chi connectivity index (χ4v) is 0.728. The number of nitrogen functional groups attached to an aromatic ring is 1. The van der Waals surface area contributed by atoms with Crippen molar-refractivity contribution in [3.05, 3.63) is 24.5 Å². The van der Waals surface area contributed by atoms with E-state index in [4.69, 9.17) is 5.84 Å². The Morgan fingerprint density at radius 2 is 1.80 bits per heavy atom. The van der Waals surface area contributed by atoms with Gasteiger partial charge in [0.2, 0.25) is 12.4 Å². The Bertz CT molecular complexity index is 203. The smallest absolute Gasteiger partial charge is 0.201 e. The van der Waals surface area contributed by atoms with E-state index in [1.54, 1.807) is 0 Å². The number of rotatable bonds is 1. The van der Waals surface area contributed by atoms with Crippen LogP contribution >= 0.6 is 0 Å². The first-order valence-electron chi connectivity index (χ1n) is 3.14. The molecule has 1 aromatic heterocycles. The molecule has 0 spiro atoms. The molecule has 0 unspecified atom stereocenters. The molecule has 1 rings (SSSR count). The summed E-state index contributed by atoms with van der Waals surface area (Å²) in [7, 11) is 3.99. The van der Waals surface area contributed by atoms with Gasteiger partial charge in [-0.05, 0) is 0 Å². The van der Waals surface area contributed by atoms with Crippen molar-refractivity contribution >= 4 is 5.69 Å². The molecule has 0 amide bonds. The molecule has 0 aliphatic carbocycles. The van der Waals surface area contributed by atoms with Gasteiger partial charge in [-0.3, -0.25) is 0 Å². The predicted molar refractivity (Wildman–Crippen MR) is 41.1 cm³/mol. The lowest BCUT2D eigenvalue weighted by molar-refractivity contribution is -0.638. The van der Waals surface area contributed by atoms with E-state index in [1.165, 1.54) is 4.68 Å². The standard InChI is InChI=1S/C7H12N3/c1-9(2)7-3-5-10(8)6-4-7/h3-6H,8H2,1-2H3/q+1. The summed E-state index contributed by atoms with van der Waals surface area (Å²) in [5, 5.41) is 0. The van der Waals surface area contributed by atoms with Gasteiger partial charge >= 0.3 is 0 Å². The van der Waals surface area contributed by atoms with Crippen LogP contribution in [0.5, 0.6) is 0 Å². The number of nitrogens with zero attached hydrogens (tertiary/aromatic N) is 2. The van der Waals surface area contributed by atoms with Crippen molar-refractivity contribution in [3.63, 3.8) is 0 Å². The summed E-state index contributed by atoms with van der Waals surface area (Å²) in [6.07, 6.45) is 3.63. The van der Waals surface area contributed by atoms with Crippen LogP contribution in [0.4, 0.5) is 5.69 Å². The number of nitrogens with two attached hydrogens (primary N) is 1. The minimum Gasteiger partial charge on any atom is -0.377 e. The Kier molecular flexibility index (Phi) is 1.76. The number of pyridine rings is 1. The molecule has 1 aromatic rings. The zero-order valence-corrected chi connectivity index (χ0v) is 6.28. The second-order valence-corrected chi connectivity index (χ2v) is 2.40. The fraction of sp³-hybridized carbons (Fsp3) is 0.286. The minimum atomic E-state index is 1.15. The van der Waals surface area contributed by atoms with Crippen LogP contribution in [0.2, 0.25) is 0 Å². The molecule has 0 saturated heterocycles. The van der Waals surface area contributed by atoms with E-state index in [9.17, 15) is 0 Å². The molecule has 0 aliphatic heterocycles. The highest BCUT2D eigenvalue weighted by molar-refractivity contribution is 5.41. The first kappa shape index (κ1) is 6.86. The Morgan fingerprint density at radius 1 is 1.30 bits per heavy atom. The van der Waals surface area contributed by atoms with E-state index in [2.05, 4.69) is 0 Å². The second-order valence-electron chi connectivity index (χ2n) is 2.40. The van der Waals surface area contributed by atoms with Gasteiger partial charge in [-0.25, -0.2) is 5.84 Å². The van der Waals surface area contributed by atoms with Crippen molar-refractivity contribution in [2.24, 2.45) is 0 Å². The fourth-order valence-electron chi connectivity index (χ4n) is 0.728.